The maximum Gasteiger partial charge on any atom is 0.489 e. The number of nitrogens with zero attached hydrogens (tertiary/aromatic N) is 3. The summed E-state index contributed by atoms with van der Waals surface area (Å²) in [7, 11) is -6.07. The van der Waals surface area contributed by atoms with Crippen molar-refractivity contribution in [2.75, 3.05) is 11.9 Å². The number of H-pyrrole nitrogens is 1. The second kappa shape index (κ2) is 16.2. The van der Waals surface area contributed by atoms with Gasteiger partial charge in [0.05, 0.1) is 12.9 Å². The fourth-order valence-corrected chi connectivity index (χ4v) is 8.32. The fourth-order valence-electron chi connectivity index (χ4n) is 6.58. The first kappa shape index (κ1) is 41.2. The van der Waals surface area contributed by atoms with Crippen LogP contribution in [0, 0.1) is 19.8 Å². The zero-order valence-corrected chi connectivity index (χ0v) is 35.1. The summed E-state index contributed by atoms with van der Waals surface area (Å²) in [5, 5.41) is 2.35. The van der Waals surface area contributed by atoms with Gasteiger partial charge in [0.1, 0.15) is 17.8 Å². The van der Waals surface area contributed by atoms with Gasteiger partial charge >= 0.3 is 8.25 Å². The minimum absolute atomic E-state index is 0.0372. The Labute approximate surface area is 328 Å². The molecule has 0 spiro atoms. The number of anilines is 1. The third kappa shape index (κ3) is 8.33. The van der Waals surface area contributed by atoms with E-state index in [1.807, 2.05) is 68.4 Å². The maximum atomic E-state index is 13.2. The third-order valence-electron chi connectivity index (χ3n) is 10.8. The van der Waals surface area contributed by atoms with Crippen LogP contribution in [0.25, 0.3) is 11.2 Å². The second-order valence-corrected chi connectivity index (χ2v) is 21.6. The molecule has 1 fully saturated rings. The quantitative estimate of drug-likeness (QED) is 0.0716. The van der Waals surface area contributed by atoms with Gasteiger partial charge in [-0.2, -0.15) is 4.98 Å². The van der Waals surface area contributed by atoms with Crippen LogP contribution in [-0.2, 0) is 33.4 Å². The van der Waals surface area contributed by atoms with Gasteiger partial charge in [-0.15, -0.1) is 4.52 Å². The van der Waals surface area contributed by atoms with Gasteiger partial charge in [0.2, 0.25) is 11.9 Å². The Balaban J connectivity index is 1.50. The molecular weight excluding hydrogens is 750 g/mol. The van der Waals surface area contributed by atoms with Gasteiger partial charge in [-0.1, -0.05) is 125 Å². The first-order chi connectivity index (χ1) is 26.4. The van der Waals surface area contributed by atoms with Crippen molar-refractivity contribution < 1.29 is 32.7 Å². The molecule has 1 saturated heterocycles. The third-order valence-corrected chi connectivity index (χ3v) is 15.7. The number of amides is 1. The number of rotatable bonds is 13. The van der Waals surface area contributed by atoms with E-state index < -0.39 is 52.3 Å². The van der Waals surface area contributed by atoms with Gasteiger partial charge in [0.25, 0.3) is 5.56 Å². The predicted octanol–water partition coefficient (Wildman–Crippen LogP) is 7.03. The molecule has 15 heteroatoms. The summed E-state index contributed by atoms with van der Waals surface area (Å²) < 4.78 is 40.8. The first-order valence-corrected chi connectivity index (χ1v) is 22.7. The van der Waals surface area contributed by atoms with E-state index in [9.17, 15) is 19.0 Å². The maximum absolute atomic E-state index is 13.2. The number of carbonyl (C=O) groups excluding carboxylic acids is 1. The number of aryl methyl sites for hydroxylation is 2. The van der Waals surface area contributed by atoms with E-state index in [0.29, 0.717) is 0 Å². The standard InChI is InChI=1S/C41H50N5O8PSi/c1-25(2)36(47)44-39-43-35-32(37(48)45-39)42-24-46(35)38-34(53-55(49)50)33(54-56(8,9)40(5,6)7)31(52-38)23-51-41(28-13-11-10-12-14-28,29-19-15-26(3)16-20-29)30-21-17-27(4)18-22-30/h10-22,24-25,31,33-34,38H,23H2,1-9H3,(H2,43,44,45,47,48)/t31-,33?,34+,38-/m1/s1. The second-order valence-electron chi connectivity index (χ2n) is 16.2. The number of hydrogen-bond donors (Lipinski definition) is 2. The number of benzene rings is 3. The van der Waals surface area contributed by atoms with Crippen LogP contribution < -0.4 is 15.8 Å². The monoisotopic (exact) mass is 799 g/mol. The fraction of sp³-hybridized carbons (Fsp3) is 0.415. The number of fused-ring (bicyclic) bond motifs is 1. The Hall–Kier alpha value is -4.40. The predicted molar refractivity (Wildman–Crippen MR) is 215 cm³/mol. The molecule has 0 bridgehead atoms. The van der Waals surface area contributed by atoms with Gasteiger partial charge in [0, 0.05) is 5.92 Å². The molecular formula is C41H50N5O8PSi. The van der Waals surface area contributed by atoms with E-state index in [4.69, 9.17) is 18.4 Å². The summed E-state index contributed by atoms with van der Waals surface area (Å²) in [6.07, 6.45) is -2.94. The van der Waals surface area contributed by atoms with Crippen molar-refractivity contribution >= 4 is 39.6 Å². The highest BCUT2D eigenvalue weighted by atomic mass is 31.1. The van der Waals surface area contributed by atoms with Crippen molar-refractivity contribution in [3.8, 4) is 0 Å². The summed E-state index contributed by atoms with van der Waals surface area (Å²) in [5.74, 6) is -0.836. The number of aromatic amines is 1. The number of hydrogen-bond acceptors (Lipinski definition) is 10. The Kier molecular flexibility index (Phi) is 11.9. The van der Waals surface area contributed by atoms with Crippen molar-refractivity contribution in [1.29, 1.82) is 0 Å². The van der Waals surface area contributed by atoms with Crippen LogP contribution in [-0.4, -0.2) is 58.7 Å². The minimum Gasteiger partial charge on any atom is -0.566 e. The van der Waals surface area contributed by atoms with Crippen LogP contribution in [0.2, 0.25) is 18.1 Å². The van der Waals surface area contributed by atoms with Crippen molar-refractivity contribution in [1.82, 2.24) is 19.5 Å². The molecule has 0 saturated carbocycles. The van der Waals surface area contributed by atoms with E-state index in [1.54, 1.807) is 13.8 Å². The highest BCUT2D eigenvalue weighted by Gasteiger charge is 2.55. The summed E-state index contributed by atoms with van der Waals surface area (Å²) in [5.41, 5.74) is 3.09. The molecule has 296 valence electrons. The van der Waals surface area contributed by atoms with Crippen molar-refractivity contribution in [2.24, 2.45) is 5.92 Å². The van der Waals surface area contributed by atoms with Crippen LogP contribution >= 0.6 is 8.25 Å². The van der Waals surface area contributed by atoms with Crippen molar-refractivity contribution in [3.63, 3.8) is 0 Å². The van der Waals surface area contributed by atoms with Gasteiger partial charge < -0.3 is 18.8 Å². The number of ether oxygens (including phenoxy) is 2. The van der Waals surface area contributed by atoms with Gasteiger partial charge in [-0.05, 0) is 53.2 Å². The molecule has 3 aromatic carbocycles. The molecule has 5 aromatic rings. The number of carbonyl (C=O) groups is 1. The lowest BCUT2D eigenvalue weighted by atomic mass is 9.79. The molecule has 2 N–H and O–H groups in total. The van der Waals surface area contributed by atoms with E-state index in [2.05, 4.69) is 78.4 Å². The molecule has 0 aliphatic carbocycles. The van der Waals surface area contributed by atoms with Gasteiger partial charge in [-0.3, -0.25) is 24.5 Å². The molecule has 5 atom stereocenters. The molecule has 3 heterocycles. The average Bonchev–Trinajstić information content (AvgIpc) is 3.70. The molecule has 13 nitrogen and oxygen atoms in total. The lowest BCUT2D eigenvalue weighted by Crippen LogP contribution is -2.50. The van der Waals surface area contributed by atoms with Gasteiger partial charge in [-0.25, -0.2) is 4.98 Å². The molecule has 56 heavy (non-hydrogen) atoms. The molecule has 2 aromatic heterocycles. The Morgan fingerprint density at radius 3 is 2.07 bits per heavy atom. The first-order valence-electron chi connectivity index (χ1n) is 18.7. The lowest BCUT2D eigenvalue weighted by Gasteiger charge is -2.41. The zero-order valence-electron chi connectivity index (χ0n) is 33.2. The Morgan fingerprint density at radius 2 is 1.54 bits per heavy atom. The highest BCUT2D eigenvalue weighted by molar-refractivity contribution is 7.30. The summed E-state index contributed by atoms with van der Waals surface area (Å²) in [6.45, 7) is 17.8. The summed E-state index contributed by atoms with van der Waals surface area (Å²) in [4.78, 5) is 49.7. The van der Waals surface area contributed by atoms with E-state index in [1.165, 1.54) is 10.9 Å². The number of aromatic nitrogens is 4. The SMILES string of the molecule is Cc1ccc(C(OC[C@H]2O[C@@H](n3cnc4c(=O)[nH]c(NC(=O)C(C)C)nc43)[C@@H](O[P+](=O)[O-])C2O[Si](C)(C)C(C)(C)C)(c2ccccc2)c2ccc(C)cc2)cc1. The van der Waals surface area contributed by atoms with Crippen LogP contribution in [0.3, 0.4) is 0 Å². The van der Waals surface area contributed by atoms with Gasteiger partial charge in [0.15, 0.2) is 31.8 Å². The van der Waals surface area contributed by atoms with Crippen LogP contribution in [0.5, 0.6) is 0 Å². The van der Waals surface area contributed by atoms with Crippen molar-refractivity contribution in [2.45, 2.75) is 96.7 Å². The Bertz CT molecular complexity index is 2190. The molecule has 1 amide bonds. The number of nitrogens with one attached hydrogen (secondary N) is 2. The average molecular weight is 800 g/mol. The van der Waals surface area contributed by atoms with Crippen molar-refractivity contribution in [3.05, 3.63) is 123 Å². The minimum atomic E-state index is -3.42. The van der Waals surface area contributed by atoms with E-state index >= 15 is 0 Å². The molecule has 0 radical (unpaired) electrons. The molecule has 1 aliphatic rings. The smallest absolute Gasteiger partial charge is 0.489 e. The zero-order chi connectivity index (χ0) is 40.6. The van der Waals surface area contributed by atoms with Crippen LogP contribution in [0.15, 0.2) is 90.0 Å². The van der Waals surface area contributed by atoms with Crippen LogP contribution in [0.4, 0.5) is 5.95 Å². The Morgan fingerprint density at radius 1 is 0.964 bits per heavy atom. The topological polar surface area (TPSA) is 170 Å². The summed E-state index contributed by atoms with van der Waals surface area (Å²) in [6, 6.07) is 26.3. The van der Waals surface area contributed by atoms with E-state index in [-0.39, 0.29) is 40.6 Å². The highest BCUT2D eigenvalue weighted by Crippen LogP contribution is 2.46. The number of imidazole rings is 1. The summed E-state index contributed by atoms with van der Waals surface area (Å²) >= 11 is 0. The molecule has 6 rings (SSSR count). The lowest BCUT2D eigenvalue weighted by molar-refractivity contribution is -0.194. The van der Waals surface area contributed by atoms with E-state index in [0.717, 1.165) is 27.8 Å². The van der Waals surface area contributed by atoms with Crippen LogP contribution in [0.1, 0.15) is 68.7 Å². The normalized spacial score (nSPS) is 19.4. The largest absolute Gasteiger partial charge is 0.566 e. The molecule has 1 aliphatic heterocycles. The molecule has 2 unspecified atom stereocenters.